The molecule has 3 heteroatoms. The van der Waals surface area contributed by atoms with E-state index in [1.165, 1.54) is 16.7 Å². The summed E-state index contributed by atoms with van der Waals surface area (Å²) < 4.78 is 0.845. The normalized spacial score (nSPS) is 12.5. The molecule has 0 heterocycles. The maximum atomic E-state index is 10.4. The number of benzene rings is 2. The van der Waals surface area contributed by atoms with E-state index in [1.807, 2.05) is 24.3 Å². The summed E-state index contributed by atoms with van der Waals surface area (Å²) in [6.45, 7) is 4.15. The molecular formula is C16H16BrClO. The lowest BCUT2D eigenvalue weighted by molar-refractivity contribution is 0.178. The maximum Gasteiger partial charge on any atom is 0.0831 e. The standard InChI is InChI=1S/C16H16BrClO/c1-10-4-3-5-11(2)13(10)9-16(19)12-6-7-14(17)15(18)8-12/h3-8,16,19H,9H2,1-2H3. The summed E-state index contributed by atoms with van der Waals surface area (Å²) in [7, 11) is 0. The molecule has 0 aliphatic heterocycles. The van der Waals surface area contributed by atoms with E-state index in [4.69, 9.17) is 11.6 Å². The Morgan fingerprint density at radius 2 is 1.79 bits per heavy atom. The summed E-state index contributed by atoms with van der Waals surface area (Å²) in [6, 6.07) is 11.8. The zero-order valence-electron chi connectivity index (χ0n) is 11.0. The summed E-state index contributed by atoms with van der Waals surface area (Å²) in [5.74, 6) is 0. The average Bonchev–Trinajstić information content (AvgIpc) is 2.37. The zero-order valence-corrected chi connectivity index (χ0v) is 13.3. The first kappa shape index (κ1) is 14.6. The molecule has 0 amide bonds. The second kappa shape index (κ2) is 6.08. The number of halogens is 2. The largest absolute Gasteiger partial charge is 0.388 e. The molecular weight excluding hydrogens is 324 g/mol. The smallest absolute Gasteiger partial charge is 0.0831 e. The van der Waals surface area contributed by atoms with E-state index < -0.39 is 6.10 Å². The Balaban J connectivity index is 2.25. The van der Waals surface area contributed by atoms with E-state index in [9.17, 15) is 5.11 Å². The first-order valence-corrected chi connectivity index (χ1v) is 7.34. The van der Waals surface area contributed by atoms with Crippen LogP contribution in [0.1, 0.15) is 28.4 Å². The van der Waals surface area contributed by atoms with Crippen molar-refractivity contribution >= 4 is 27.5 Å². The Morgan fingerprint density at radius 1 is 1.16 bits per heavy atom. The van der Waals surface area contributed by atoms with Gasteiger partial charge >= 0.3 is 0 Å². The van der Waals surface area contributed by atoms with Crippen molar-refractivity contribution in [3.05, 3.63) is 68.1 Å². The second-order valence-corrected chi connectivity index (χ2v) is 6.03. The topological polar surface area (TPSA) is 20.2 Å². The van der Waals surface area contributed by atoms with Crippen LogP contribution in [0.5, 0.6) is 0 Å². The average molecular weight is 340 g/mol. The first-order valence-electron chi connectivity index (χ1n) is 6.17. The molecule has 0 aromatic heterocycles. The minimum absolute atomic E-state index is 0.537. The molecule has 0 saturated carbocycles. The van der Waals surface area contributed by atoms with Gasteiger partial charge in [0.15, 0.2) is 0 Å². The summed E-state index contributed by atoms with van der Waals surface area (Å²) in [6.07, 6.45) is 0.0709. The van der Waals surface area contributed by atoms with E-state index in [1.54, 1.807) is 0 Å². The first-order chi connectivity index (χ1) is 8.99. The molecule has 2 aromatic rings. The number of rotatable bonds is 3. The highest BCUT2D eigenvalue weighted by Gasteiger charge is 2.13. The summed E-state index contributed by atoms with van der Waals surface area (Å²) in [4.78, 5) is 0. The lowest BCUT2D eigenvalue weighted by Crippen LogP contribution is -2.05. The number of aliphatic hydroxyl groups excluding tert-OH is 1. The third-order valence-electron chi connectivity index (χ3n) is 3.37. The van der Waals surface area contributed by atoms with E-state index in [-0.39, 0.29) is 0 Å². The fourth-order valence-corrected chi connectivity index (χ4v) is 2.64. The molecule has 100 valence electrons. The van der Waals surface area contributed by atoms with E-state index >= 15 is 0 Å². The molecule has 1 unspecified atom stereocenters. The van der Waals surface area contributed by atoms with E-state index in [2.05, 4.69) is 41.9 Å². The molecule has 1 nitrogen and oxygen atoms in total. The summed E-state index contributed by atoms with van der Waals surface area (Å²) >= 11 is 9.42. The predicted molar refractivity (Wildman–Crippen MR) is 83.7 cm³/mol. The van der Waals surface area contributed by atoms with Crippen LogP contribution < -0.4 is 0 Å². The monoisotopic (exact) mass is 338 g/mol. The molecule has 0 saturated heterocycles. The second-order valence-electron chi connectivity index (χ2n) is 4.76. The maximum absolute atomic E-state index is 10.4. The van der Waals surface area contributed by atoms with Gasteiger partial charge in [-0.25, -0.2) is 0 Å². The molecule has 2 rings (SSSR count). The van der Waals surface area contributed by atoms with Gasteiger partial charge in [-0.15, -0.1) is 0 Å². The van der Waals surface area contributed by atoms with Gasteiger partial charge in [-0.2, -0.15) is 0 Å². The van der Waals surface area contributed by atoms with E-state index in [0.29, 0.717) is 11.4 Å². The fraction of sp³-hybridized carbons (Fsp3) is 0.250. The number of aryl methyl sites for hydroxylation is 2. The Labute approximate surface area is 127 Å². The fourth-order valence-electron chi connectivity index (χ4n) is 2.20. The Bertz CT molecular complexity index is 575. The van der Waals surface area contributed by atoms with Crippen LogP contribution in [-0.4, -0.2) is 5.11 Å². The van der Waals surface area contributed by atoms with Crippen molar-refractivity contribution in [1.82, 2.24) is 0 Å². The number of aliphatic hydroxyl groups is 1. The zero-order chi connectivity index (χ0) is 14.0. The van der Waals surface area contributed by atoms with Crippen molar-refractivity contribution in [2.45, 2.75) is 26.4 Å². The third-order valence-corrected chi connectivity index (χ3v) is 4.60. The van der Waals surface area contributed by atoms with Crippen LogP contribution in [0.15, 0.2) is 40.9 Å². The highest BCUT2D eigenvalue weighted by molar-refractivity contribution is 9.10. The predicted octanol–water partition coefficient (Wildman–Crippen LogP) is 5.00. The summed E-state index contributed by atoms with van der Waals surface area (Å²) in [5, 5.41) is 11.0. The Hall–Kier alpha value is -0.830. The van der Waals surface area contributed by atoms with Crippen LogP contribution in [0.4, 0.5) is 0 Å². The van der Waals surface area contributed by atoms with Crippen molar-refractivity contribution in [2.75, 3.05) is 0 Å². The lowest BCUT2D eigenvalue weighted by atomic mass is 9.95. The minimum Gasteiger partial charge on any atom is -0.388 e. The molecule has 1 atom stereocenters. The van der Waals surface area contributed by atoms with Crippen LogP contribution in [0.3, 0.4) is 0 Å². The van der Waals surface area contributed by atoms with E-state index in [0.717, 1.165) is 10.0 Å². The molecule has 0 spiro atoms. The van der Waals surface area contributed by atoms with Crippen molar-refractivity contribution in [3.63, 3.8) is 0 Å². The van der Waals surface area contributed by atoms with Gasteiger partial charge in [0.25, 0.3) is 0 Å². The minimum atomic E-state index is -0.537. The van der Waals surface area contributed by atoms with Gasteiger partial charge in [0.05, 0.1) is 11.1 Å². The van der Waals surface area contributed by atoms with Crippen molar-refractivity contribution < 1.29 is 5.11 Å². The van der Waals surface area contributed by atoms with Gasteiger partial charge in [-0.1, -0.05) is 35.9 Å². The van der Waals surface area contributed by atoms with Gasteiger partial charge in [-0.3, -0.25) is 0 Å². The van der Waals surface area contributed by atoms with Crippen LogP contribution >= 0.6 is 27.5 Å². The molecule has 0 aliphatic rings. The van der Waals surface area contributed by atoms with Gasteiger partial charge in [-0.05, 0) is 64.2 Å². The SMILES string of the molecule is Cc1cccc(C)c1CC(O)c1ccc(Br)c(Cl)c1. The van der Waals surface area contributed by atoms with Crippen LogP contribution in [0, 0.1) is 13.8 Å². The third kappa shape index (κ3) is 3.38. The van der Waals surface area contributed by atoms with Crippen LogP contribution in [0.25, 0.3) is 0 Å². The molecule has 0 aliphatic carbocycles. The highest BCUT2D eigenvalue weighted by atomic mass is 79.9. The molecule has 0 fully saturated rings. The lowest BCUT2D eigenvalue weighted by Gasteiger charge is -2.15. The van der Waals surface area contributed by atoms with Gasteiger partial charge < -0.3 is 5.11 Å². The van der Waals surface area contributed by atoms with Crippen LogP contribution in [-0.2, 0) is 6.42 Å². The molecule has 0 radical (unpaired) electrons. The Morgan fingerprint density at radius 3 is 2.37 bits per heavy atom. The van der Waals surface area contributed by atoms with Crippen molar-refractivity contribution in [2.24, 2.45) is 0 Å². The molecule has 0 bridgehead atoms. The highest BCUT2D eigenvalue weighted by Crippen LogP contribution is 2.28. The van der Waals surface area contributed by atoms with Gasteiger partial charge in [0.2, 0.25) is 0 Å². The van der Waals surface area contributed by atoms with Crippen molar-refractivity contribution in [3.8, 4) is 0 Å². The van der Waals surface area contributed by atoms with Crippen molar-refractivity contribution in [1.29, 1.82) is 0 Å². The summed E-state index contributed by atoms with van der Waals surface area (Å²) in [5.41, 5.74) is 4.47. The molecule has 2 aromatic carbocycles. The Kier molecular flexibility index (Phi) is 4.67. The number of hydrogen-bond acceptors (Lipinski definition) is 1. The molecule has 1 N–H and O–H groups in total. The van der Waals surface area contributed by atoms with Gasteiger partial charge in [0, 0.05) is 10.9 Å². The molecule has 19 heavy (non-hydrogen) atoms. The quantitative estimate of drug-likeness (QED) is 0.834. The van der Waals surface area contributed by atoms with Crippen LogP contribution in [0.2, 0.25) is 5.02 Å². The number of hydrogen-bond donors (Lipinski definition) is 1. The van der Waals surface area contributed by atoms with Gasteiger partial charge in [0.1, 0.15) is 0 Å².